The second-order valence-corrected chi connectivity index (χ2v) is 6.82. The highest BCUT2D eigenvalue weighted by molar-refractivity contribution is 7.55. The number of hydrogen-bond acceptors (Lipinski definition) is 3. The van der Waals surface area contributed by atoms with E-state index in [2.05, 4.69) is 6.08 Å². The molecule has 0 aliphatic heterocycles. The third-order valence-corrected chi connectivity index (χ3v) is 5.88. The predicted molar refractivity (Wildman–Crippen MR) is 85.0 cm³/mol. The summed E-state index contributed by atoms with van der Waals surface area (Å²) in [6.07, 6.45) is 2.78. The molecule has 20 heavy (non-hydrogen) atoms. The minimum atomic E-state index is -3.09. The third kappa shape index (κ3) is 4.59. The van der Waals surface area contributed by atoms with Gasteiger partial charge in [0.2, 0.25) is 0 Å². The van der Waals surface area contributed by atoms with E-state index in [1.807, 2.05) is 58.0 Å². The summed E-state index contributed by atoms with van der Waals surface area (Å²) in [5, 5.41) is 0. The molecule has 0 spiro atoms. The van der Waals surface area contributed by atoms with Crippen LogP contribution >= 0.6 is 7.60 Å². The van der Waals surface area contributed by atoms with Gasteiger partial charge >= 0.3 is 7.60 Å². The van der Waals surface area contributed by atoms with Crippen LogP contribution in [0, 0.1) is 0 Å². The van der Waals surface area contributed by atoms with Gasteiger partial charge in [0.15, 0.2) is 0 Å². The summed E-state index contributed by atoms with van der Waals surface area (Å²) in [7, 11) is -3.09. The molecule has 0 aliphatic rings. The molecule has 0 radical (unpaired) electrons. The highest BCUT2D eigenvalue weighted by Crippen LogP contribution is 2.56. The number of rotatable bonds is 8. The minimum Gasteiger partial charge on any atom is -0.308 e. The van der Waals surface area contributed by atoms with Gasteiger partial charge in [0.1, 0.15) is 0 Å². The van der Waals surface area contributed by atoms with Gasteiger partial charge < -0.3 is 9.05 Å². The van der Waals surface area contributed by atoms with Gasteiger partial charge in [-0.25, -0.2) is 0 Å². The van der Waals surface area contributed by atoms with Crippen LogP contribution in [-0.4, -0.2) is 18.9 Å². The van der Waals surface area contributed by atoms with Gasteiger partial charge in [0, 0.05) is 0 Å². The van der Waals surface area contributed by atoms with Crippen molar-refractivity contribution < 1.29 is 13.6 Å². The molecule has 3 nitrogen and oxygen atoms in total. The highest BCUT2D eigenvalue weighted by Gasteiger charge is 2.35. The van der Waals surface area contributed by atoms with E-state index in [9.17, 15) is 4.57 Å². The maximum Gasteiger partial charge on any atom is 0.337 e. The summed E-state index contributed by atoms with van der Waals surface area (Å²) in [4.78, 5) is 0. The minimum absolute atomic E-state index is 0.192. The second-order valence-electron chi connectivity index (χ2n) is 4.60. The summed E-state index contributed by atoms with van der Waals surface area (Å²) in [6, 6.07) is 10.0. The molecule has 0 amide bonds. The average molecular weight is 296 g/mol. The summed E-state index contributed by atoms with van der Waals surface area (Å²) >= 11 is 0. The normalized spacial score (nSPS) is 14.3. The first kappa shape index (κ1) is 17.2. The van der Waals surface area contributed by atoms with E-state index in [0.717, 1.165) is 17.6 Å². The van der Waals surface area contributed by atoms with E-state index >= 15 is 0 Å². The van der Waals surface area contributed by atoms with E-state index in [4.69, 9.17) is 9.05 Å². The molecule has 0 aliphatic carbocycles. The molecule has 1 atom stereocenters. The Morgan fingerprint density at radius 3 is 2.15 bits per heavy atom. The first-order valence-corrected chi connectivity index (χ1v) is 8.80. The molecule has 4 heteroatoms. The standard InChI is InChI=1S/C16H25O3P/c1-5-16(20(17,18-6-2)19-7-3)14(4)13-15-11-9-8-10-12-15/h8-13,16H,5-7H2,1-4H3. The van der Waals surface area contributed by atoms with E-state index in [-0.39, 0.29) is 5.66 Å². The summed E-state index contributed by atoms with van der Waals surface area (Å²) in [5.41, 5.74) is 1.94. The van der Waals surface area contributed by atoms with Crippen LogP contribution in [0.15, 0.2) is 35.9 Å². The van der Waals surface area contributed by atoms with Crippen LogP contribution < -0.4 is 0 Å². The van der Waals surface area contributed by atoms with Crippen LogP contribution in [0.5, 0.6) is 0 Å². The van der Waals surface area contributed by atoms with Gasteiger partial charge in [-0.05, 0) is 32.8 Å². The van der Waals surface area contributed by atoms with Crippen LogP contribution in [0.4, 0.5) is 0 Å². The van der Waals surface area contributed by atoms with Crippen molar-refractivity contribution in [1.82, 2.24) is 0 Å². The Morgan fingerprint density at radius 2 is 1.70 bits per heavy atom. The average Bonchev–Trinajstić information content (AvgIpc) is 2.41. The molecule has 0 heterocycles. The molecule has 0 bridgehead atoms. The van der Waals surface area contributed by atoms with Crippen LogP contribution in [0.25, 0.3) is 6.08 Å². The van der Waals surface area contributed by atoms with Gasteiger partial charge in [-0.1, -0.05) is 48.9 Å². The molecule has 112 valence electrons. The molecule has 1 aromatic rings. The molecule has 1 rings (SSSR count). The Bertz CT molecular complexity index is 458. The molecule has 0 fully saturated rings. The van der Waals surface area contributed by atoms with Crippen LogP contribution in [0.3, 0.4) is 0 Å². The van der Waals surface area contributed by atoms with Gasteiger partial charge in [0.25, 0.3) is 0 Å². The van der Waals surface area contributed by atoms with E-state index < -0.39 is 7.60 Å². The van der Waals surface area contributed by atoms with Crippen LogP contribution in [-0.2, 0) is 13.6 Å². The first-order chi connectivity index (χ1) is 9.57. The molecule has 0 saturated carbocycles. The lowest BCUT2D eigenvalue weighted by Crippen LogP contribution is -2.14. The quantitative estimate of drug-likeness (QED) is 0.623. The number of allylic oxidation sites excluding steroid dienone is 1. The molecular formula is C16H25O3P. The van der Waals surface area contributed by atoms with Gasteiger partial charge in [-0.2, -0.15) is 0 Å². The molecule has 1 unspecified atom stereocenters. The van der Waals surface area contributed by atoms with E-state index in [1.54, 1.807) is 0 Å². The lowest BCUT2D eigenvalue weighted by Gasteiger charge is -2.26. The Morgan fingerprint density at radius 1 is 1.15 bits per heavy atom. The Balaban J connectivity index is 3.04. The maximum absolute atomic E-state index is 12.9. The Kier molecular flexibility index (Phi) is 7.22. The molecule has 1 aromatic carbocycles. The fraction of sp³-hybridized carbons (Fsp3) is 0.500. The molecule has 0 aromatic heterocycles. The molecule has 0 saturated heterocycles. The number of hydrogen-bond donors (Lipinski definition) is 0. The van der Waals surface area contributed by atoms with Crippen molar-refractivity contribution in [3.05, 3.63) is 41.5 Å². The zero-order valence-corrected chi connectivity index (χ0v) is 13.7. The highest BCUT2D eigenvalue weighted by atomic mass is 31.2. The van der Waals surface area contributed by atoms with Gasteiger partial charge in [0.05, 0.1) is 18.9 Å². The zero-order chi connectivity index (χ0) is 15.0. The van der Waals surface area contributed by atoms with Crippen molar-refractivity contribution >= 4 is 13.7 Å². The zero-order valence-electron chi connectivity index (χ0n) is 12.8. The summed E-state index contributed by atoms with van der Waals surface area (Å²) in [6.45, 7) is 8.48. The topological polar surface area (TPSA) is 35.5 Å². The fourth-order valence-corrected chi connectivity index (χ4v) is 4.46. The Labute approximate surface area is 122 Å². The van der Waals surface area contributed by atoms with Crippen molar-refractivity contribution in [2.75, 3.05) is 13.2 Å². The molecular weight excluding hydrogens is 271 g/mol. The van der Waals surface area contributed by atoms with Crippen molar-refractivity contribution in [3.63, 3.8) is 0 Å². The Hall–Kier alpha value is -0.890. The first-order valence-electron chi connectivity index (χ1n) is 7.19. The summed E-state index contributed by atoms with van der Waals surface area (Å²) in [5.74, 6) is 0. The van der Waals surface area contributed by atoms with Crippen molar-refractivity contribution in [1.29, 1.82) is 0 Å². The van der Waals surface area contributed by atoms with E-state index in [1.165, 1.54) is 0 Å². The maximum atomic E-state index is 12.9. The smallest absolute Gasteiger partial charge is 0.308 e. The largest absolute Gasteiger partial charge is 0.337 e. The monoisotopic (exact) mass is 296 g/mol. The van der Waals surface area contributed by atoms with Crippen molar-refractivity contribution in [2.24, 2.45) is 0 Å². The van der Waals surface area contributed by atoms with Gasteiger partial charge in [-0.3, -0.25) is 4.57 Å². The fourth-order valence-electron chi connectivity index (χ4n) is 2.28. The van der Waals surface area contributed by atoms with Crippen LogP contribution in [0.2, 0.25) is 0 Å². The van der Waals surface area contributed by atoms with Crippen molar-refractivity contribution in [2.45, 2.75) is 39.8 Å². The van der Waals surface area contributed by atoms with Crippen molar-refractivity contribution in [3.8, 4) is 0 Å². The number of benzene rings is 1. The van der Waals surface area contributed by atoms with E-state index in [0.29, 0.717) is 13.2 Å². The third-order valence-electron chi connectivity index (χ3n) is 3.11. The lowest BCUT2D eigenvalue weighted by atomic mass is 10.1. The van der Waals surface area contributed by atoms with Crippen LogP contribution in [0.1, 0.15) is 39.7 Å². The summed E-state index contributed by atoms with van der Waals surface area (Å²) < 4.78 is 23.8. The molecule has 0 N–H and O–H groups in total. The lowest BCUT2D eigenvalue weighted by molar-refractivity contribution is 0.214. The predicted octanol–water partition coefficient (Wildman–Crippen LogP) is 5.13. The van der Waals surface area contributed by atoms with Gasteiger partial charge in [-0.15, -0.1) is 0 Å². The second kappa shape index (κ2) is 8.41. The SMILES string of the molecule is CCOP(=O)(OCC)C(CC)C(C)=Cc1ccccc1.